The van der Waals surface area contributed by atoms with Crippen LogP contribution in [0.15, 0.2) is 42.6 Å². The Labute approximate surface area is 171 Å². The monoisotopic (exact) mass is 421 g/mol. The molecule has 1 heterocycles. The van der Waals surface area contributed by atoms with Gasteiger partial charge in [-0.05, 0) is 47.2 Å². The van der Waals surface area contributed by atoms with Gasteiger partial charge in [-0.2, -0.15) is 13.2 Å². The van der Waals surface area contributed by atoms with Gasteiger partial charge in [0.25, 0.3) is 5.91 Å². The van der Waals surface area contributed by atoms with E-state index in [1.807, 2.05) is 23.1 Å². The van der Waals surface area contributed by atoms with E-state index in [4.69, 9.17) is 5.21 Å². The topological polar surface area (TPSA) is 85.7 Å². The lowest BCUT2D eigenvalue weighted by atomic mass is 10.0. The number of rotatable bonds is 7. The van der Waals surface area contributed by atoms with Crippen molar-refractivity contribution in [2.45, 2.75) is 31.6 Å². The predicted molar refractivity (Wildman–Crippen MR) is 103 cm³/mol. The van der Waals surface area contributed by atoms with Crippen LogP contribution in [0.25, 0.3) is 6.08 Å². The Balaban J connectivity index is 1.76. The summed E-state index contributed by atoms with van der Waals surface area (Å²) >= 11 is 0. The highest BCUT2D eigenvalue weighted by Gasteiger charge is 2.32. The Morgan fingerprint density at radius 2 is 2.10 bits per heavy atom. The molecule has 1 aliphatic rings. The number of alkyl halides is 3. The molecule has 160 valence electrons. The fourth-order valence-corrected chi connectivity index (χ4v) is 3.70. The minimum atomic E-state index is -4.47. The van der Waals surface area contributed by atoms with E-state index in [9.17, 15) is 23.1 Å². The third-order valence-corrected chi connectivity index (χ3v) is 5.08. The minimum Gasteiger partial charge on any atom is -0.395 e. The van der Waals surface area contributed by atoms with Crippen LogP contribution in [0, 0.1) is 0 Å². The molecule has 0 aliphatic heterocycles. The minimum absolute atomic E-state index is 0.0215. The van der Waals surface area contributed by atoms with Crippen molar-refractivity contribution in [2.24, 2.45) is 0 Å². The molecule has 3 N–H and O–H groups in total. The maximum atomic E-state index is 12.7. The van der Waals surface area contributed by atoms with Crippen LogP contribution in [0.3, 0.4) is 0 Å². The number of aryl methyl sites for hydroxylation is 1. The number of hydrogen-bond acceptors (Lipinski definition) is 5. The van der Waals surface area contributed by atoms with E-state index in [0.717, 1.165) is 35.6 Å². The number of hydrogen-bond donors (Lipinski definition) is 3. The molecule has 0 fully saturated rings. The Bertz CT molecular complexity index is 914. The number of aromatic nitrogens is 1. The van der Waals surface area contributed by atoms with Crippen LogP contribution in [0.4, 0.5) is 13.2 Å². The Hall–Kier alpha value is -2.75. The molecule has 1 amide bonds. The molecule has 1 aromatic carbocycles. The first-order valence-corrected chi connectivity index (χ1v) is 9.44. The number of hydroxylamine groups is 1. The molecule has 9 heteroatoms. The molecule has 3 rings (SSSR count). The van der Waals surface area contributed by atoms with E-state index in [-0.39, 0.29) is 12.6 Å². The van der Waals surface area contributed by atoms with Gasteiger partial charge in [0.05, 0.1) is 6.61 Å². The van der Waals surface area contributed by atoms with Crippen LogP contribution in [0.5, 0.6) is 0 Å². The zero-order chi connectivity index (χ0) is 21.7. The molecule has 0 saturated heterocycles. The molecule has 6 nitrogen and oxygen atoms in total. The van der Waals surface area contributed by atoms with Crippen molar-refractivity contribution in [3.8, 4) is 0 Å². The first kappa shape index (κ1) is 21.9. The molecular weight excluding hydrogens is 399 g/mol. The normalized spacial score (nSPS) is 16.3. The second-order valence-electron chi connectivity index (χ2n) is 7.07. The third kappa shape index (κ3) is 5.24. The number of aliphatic hydroxyl groups is 1. The molecular formula is C21H22F3N3O3. The standard InChI is InChI=1S/C21H22F3N3O3/c22-21(23,24)19-7-2-15(12-25-19)13-27(9-10-28)18-6-4-16-11-14(1-5-17(16)18)3-8-20(29)26-30/h1-3,5,7-8,11-12,18,28,30H,4,6,9-10,13H2,(H,26,29). The first-order chi connectivity index (χ1) is 14.3. The highest BCUT2D eigenvalue weighted by molar-refractivity contribution is 5.90. The van der Waals surface area contributed by atoms with E-state index >= 15 is 0 Å². The quantitative estimate of drug-likeness (QED) is 0.363. The highest BCUT2D eigenvalue weighted by Crippen LogP contribution is 2.37. The van der Waals surface area contributed by atoms with Gasteiger partial charge in [0, 0.05) is 31.4 Å². The lowest BCUT2D eigenvalue weighted by Crippen LogP contribution is -2.30. The second-order valence-corrected chi connectivity index (χ2v) is 7.07. The van der Waals surface area contributed by atoms with E-state index in [1.54, 1.807) is 6.08 Å². The van der Waals surface area contributed by atoms with Gasteiger partial charge in [0.15, 0.2) is 0 Å². The molecule has 0 saturated carbocycles. The van der Waals surface area contributed by atoms with Crippen molar-refractivity contribution in [1.29, 1.82) is 0 Å². The number of aliphatic hydroxyl groups excluding tert-OH is 1. The largest absolute Gasteiger partial charge is 0.433 e. The Morgan fingerprint density at radius 1 is 1.30 bits per heavy atom. The van der Waals surface area contributed by atoms with Gasteiger partial charge in [-0.3, -0.25) is 19.9 Å². The number of nitrogens with one attached hydrogen (secondary N) is 1. The van der Waals surface area contributed by atoms with Crippen molar-refractivity contribution in [3.05, 3.63) is 70.6 Å². The maximum absolute atomic E-state index is 12.7. The molecule has 2 aromatic rings. The summed E-state index contributed by atoms with van der Waals surface area (Å²) in [5.74, 6) is -0.618. The second kappa shape index (κ2) is 9.38. The molecule has 1 unspecified atom stereocenters. The molecule has 1 aliphatic carbocycles. The fraction of sp³-hybridized carbons (Fsp3) is 0.333. The molecule has 30 heavy (non-hydrogen) atoms. The lowest BCUT2D eigenvalue weighted by molar-refractivity contribution is -0.141. The first-order valence-electron chi connectivity index (χ1n) is 9.44. The van der Waals surface area contributed by atoms with Gasteiger partial charge < -0.3 is 5.11 Å². The number of carbonyl (C=O) groups excluding carboxylic acids is 1. The lowest BCUT2D eigenvalue weighted by Gasteiger charge is -2.29. The summed E-state index contributed by atoms with van der Waals surface area (Å²) in [5.41, 5.74) is 4.26. The summed E-state index contributed by atoms with van der Waals surface area (Å²) in [6.07, 6.45) is 1.19. The summed E-state index contributed by atoms with van der Waals surface area (Å²) < 4.78 is 38.2. The van der Waals surface area contributed by atoms with Crippen LogP contribution in [0.1, 0.15) is 40.4 Å². The van der Waals surface area contributed by atoms with Crippen molar-refractivity contribution in [1.82, 2.24) is 15.4 Å². The van der Waals surface area contributed by atoms with E-state index in [2.05, 4.69) is 4.98 Å². The van der Waals surface area contributed by atoms with Gasteiger partial charge >= 0.3 is 6.18 Å². The van der Waals surface area contributed by atoms with Gasteiger partial charge in [0.2, 0.25) is 0 Å². The fourth-order valence-electron chi connectivity index (χ4n) is 3.70. The number of benzene rings is 1. The SMILES string of the molecule is O=C(C=Cc1ccc2c(c1)CCC2N(CCO)Cc1ccc(C(F)(F)F)nc1)NO. The number of fused-ring (bicyclic) bond motifs is 1. The molecule has 0 spiro atoms. The zero-order valence-electron chi connectivity index (χ0n) is 16.1. The van der Waals surface area contributed by atoms with Gasteiger partial charge in [-0.15, -0.1) is 0 Å². The number of carbonyl (C=O) groups is 1. The summed E-state index contributed by atoms with van der Waals surface area (Å²) in [6.45, 7) is 0.675. The number of amides is 1. The Morgan fingerprint density at radius 3 is 2.73 bits per heavy atom. The van der Waals surface area contributed by atoms with Crippen LogP contribution in [-0.4, -0.2) is 39.3 Å². The van der Waals surface area contributed by atoms with Crippen molar-refractivity contribution < 1.29 is 28.3 Å². The molecule has 0 radical (unpaired) electrons. The maximum Gasteiger partial charge on any atom is 0.433 e. The summed E-state index contributed by atoms with van der Waals surface area (Å²) in [4.78, 5) is 16.7. The summed E-state index contributed by atoms with van der Waals surface area (Å²) in [6, 6.07) is 8.18. The van der Waals surface area contributed by atoms with E-state index in [0.29, 0.717) is 18.7 Å². The van der Waals surface area contributed by atoms with Crippen LogP contribution < -0.4 is 5.48 Å². The van der Waals surface area contributed by atoms with E-state index < -0.39 is 17.8 Å². The van der Waals surface area contributed by atoms with Crippen LogP contribution in [0.2, 0.25) is 0 Å². The molecule has 1 atom stereocenters. The summed E-state index contributed by atoms with van der Waals surface area (Å²) in [5, 5.41) is 18.0. The van der Waals surface area contributed by atoms with Crippen LogP contribution >= 0.6 is 0 Å². The predicted octanol–water partition coefficient (Wildman–Crippen LogP) is 3.10. The molecule has 1 aromatic heterocycles. The van der Waals surface area contributed by atoms with Crippen molar-refractivity contribution in [2.75, 3.05) is 13.2 Å². The van der Waals surface area contributed by atoms with Crippen molar-refractivity contribution >= 4 is 12.0 Å². The van der Waals surface area contributed by atoms with Crippen molar-refractivity contribution in [3.63, 3.8) is 0 Å². The number of pyridine rings is 1. The van der Waals surface area contributed by atoms with Gasteiger partial charge in [-0.1, -0.05) is 24.3 Å². The average Bonchev–Trinajstić information content (AvgIpc) is 3.14. The number of nitrogens with zero attached hydrogens (tertiary/aromatic N) is 2. The average molecular weight is 421 g/mol. The van der Waals surface area contributed by atoms with Crippen LogP contribution in [-0.2, 0) is 23.9 Å². The smallest absolute Gasteiger partial charge is 0.395 e. The van der Waals surface area contributed by atoms with Gasteiger partial charge in [-0.25, -0.2) is 5.48 Å². The number of halogens is 3. The highest BCUT2D eigenvalue weighted by atomic mass is 19.4. The zero-order valence-corrected chi connectivity index (χ0v) is 16.1. The Kier molecular flexibility index (Phi) is 6.86. The van der Waals surface area contributed by atoms with Gasteiger partial charge in [0.1, 0.15) is 5.69 Å². The summed E-state index contributed by atoms with van der Waals surface area (Å²) in [7, 11) is 0. The molecule has 0 bridgehead atoms. The van der Waals surface area contributed by atoms with E-state index in [1.165, 1.54) is 23.8 Å². The third-order valence-electron chi connectivity index (χ3n) is 5.08.